The molecule has 1 saturated carbocycles. The van der Waals surface area contributed by atoms with Gasteiger partial charge < -0.3 is 19.7 Å². The van der Waals surface area contributed by atoms with Crippen LogP contribution in [-0.2, 0) is 16.0 Å². The van der Waals surface area contributed by atoms with Gasteiger partial charge in [0.25, 0.3) is 5.79 Å². The predicted octanol–water partition coefficient (Wildman–Crippen LogP) is 3.71. The zero-order valence-electron chi connectivity index (χ0n) is 18.5. The molecule has 0 bridgehead atoms. The lowest BCUT2D eigenvalue weighted by molar-refractivity contribution is -0.132. The third kappa shape index (κ3) is 4.94. The lowest BCUT2D eigenvalue weighted by atomic mass is 10.1. The first-order valence-corrected chi connectivity index (χ1v) is 11.9. The predicted molar refractivity (Wildman–Crippen MR) is 126 cm³/mol. The van der Waals surface area contributed by atoms with Gasteiger partial charge in [0, 0.05) is 55.8 Å². The summed E-state index contributed by atoms with van der Waals surface area (Å²) >= 11 is 6.18. The second kappa shape index (κ2) is 9.23. The monoisotopic (exact) mass is 469 g/mol. The van der Waals surface area contributed by atoms with Crippen LogP contribution in [0.2, 0.25) is 5.02 Å². The molecule has 0 unspecified atom stereocenters. The summed E-state index contributed by atoms with van der Waals surface area (Å²) in [4.78, 5) is 29.1. The molecule has 7 nitrogen and oxygen atoms in total. The molecular weight excluding hydrogens is 442 g/mol. The molecule has 2 amide bonds. The summed E-state index contributed by atoms with van der Waals surface area (Å²) in [5, 5.41) is 3.57. The van der Waals surface area contributed by atoms with Gasteiger partial charge >= 0.3 is 0 Å². The molecule has 1 saturated heterocycles. The molecule has 0 aromatic heterocycles. The molecule has 33 heavy (non-hydrogen) atoms. The molecule has 2 heterocycles. The molecule has 174 valence electrons. The number of piperazine rings is 1. The van der Waals surface area contributed by atoms with Crippen LogP contribution in [0.15, 0.2) is 42.5 Å². The van der Waals surface area contributed by atoms with Gasteiger partial charge in [0.2, 0.25) is 11.8 Å². The number of carbonyl (C=O) groups excluding carboxylic acids is 2. The molecule has 2 aliphatic heterocycles. The summed E-state index contributed by atoms with van der Waals surface area (Å²) in [5.41, 5.74) is 1.54. The van der Waals surface area contributed by atoms with Gasteiger partial charge in [0.05, 0.1) is 13.0 Å². The van der Waals surface area contributed by atoms with Crippen molar-refractivity contribution >= 4 is 29.1 Å². The van der Waals surface area contributed by atoms with Crippen molar-refractivity contribution in [2.45, 2.75) is 37.9 Å². The van der Waals surface area contributed by atoms with E-state index in [9.17, 15) is 9.59 Å². The standard InChI is InChI=1S/C25H28ClN3O4/c26-20-6-2-1-5-18(20)15-24(31)29-13-11-28(12-14-29)17-23(30)27-19-7-8-21-22(16-19)33-25(32-21)9-3-4-10-25/h1-2,5-8,16H,3-4,9-15,17H2,(H,27,30). The van der Waals surface area contributed by atoms with Crippen molar-refractivity contribution in [1.82, 2.24) is 9.80 Å². The van der Waals surface area contributed by atoms with Gasteiger partial charge in [-0.05, 0) is 36.6 Å². The van der Waals surface area contributed by atoms with Crippen molar-refractivity contribution < 1.29 is 19.1 Å². The number of anilines is 1. The number of ether oxygens (including phenoxy) is 2. The van der Waals surface area contributed by atoms with Gasteiger partial charge in [-0.15, -0.1) is 0 Å². The summed E-state index contributed by atoms with van der Waals surface area (Å²) in [6.07, 6.45) is 4.31. The maximum absolute atomic E-state index is 12.6. The number of hydrogen-bond donors (Lipinski definition) is 1. The Morgan fingerprint density at radius 2 is 1.70 bits per heavy atom. The van der Waals surface area contributed by atoms with E-state index in [2.05, 4.69) is 10.2 Å². The van der Waals surface area contributed by atoms with Gasteiger partial charge in [-0.3, -0.25) is 14.5 Å². The Balaban J connectivity index is 1.09. The van der Waals surface area contributed by atoms with Crippen molar-refractivity contribution in [2.24, 2.45) is 0 Å². The Kier molecular flexibility index (Phi) is 6.17. The number of amides is 2. The SMILES string of the molecule is O=C(CN1CCN(C(=O)Cc2ccccc2Cl)CC1)Nc1ccc2c(c1)OC1(CCCC1)O2. The van der Waals surface area contributed by atoms with E-state index < -0.39 is 5.79 Å². The molecule has 0 atom stereocenters. The molecule has 1 spiro atoms. The summed E-state index contributed by atoms with van der Waals surface area (Å²) < 4.78 is 12.1. The highest BCUT2D eigenvalue weighted by Gasteiger charge is 2.44. The third-order valence-electron chi connectivity index (χ3n) is 6.58. The van der Waals surface area contributed by atoms with E-state index in [-0.39, 0.29) is 18.4 Å². The molecule has 2 aromatic carbocycles. The maximum atomic E-state index is 12.6. The average molecular weight is 470 g/mol. The molecule has 1 N–H and O–H groups in total. The quantitative estimate of drug-likeness (QED) is 0.722. The van der Waals surface area contributed by atoms with E-state index in [1.807, 2.05) is 41.3 Å². The Bertz CT molecular complexity index is 1050. The maximum Gasteiger partial charge on any atom is 0.251 e. The second-order valence-corrected chi connectivity index (χ2v) is 9.36. The Morgan fingerprint density at radius 1 is 0.970 bits per heavy atom. The first-order chi connectivity index (χ1) is 16.0. The number of carbonyl (C=O) groups is 2. The van der Waals surface area contributed by atoms with Crippen LogP contribution in [0.1, 0.15) is 31.2 Å². The third-order valence-corrected chi connectivity index (χ3v) is 6.95. The number of benzene rings is 2. The van der Waals surface area contributed by atoms with E-state index in [0.29, 0.717) is 49.1 Å². The number of nitrogens with one attached hydrogen (secondary N) is 1. The highest BCUT2D eigenvalue weighted by Crippen LogP contribution is 2.47. The van der Waals surface area contributed by atoms with Gasteiger partial charge in [-0.2, -0.15) is 0 Å². The topological polar surface area (TPSA) is 71.1 Å². The normalized spacial score (nSPS) is 19.1. The van der Waals surface area contributed by atoms with E-state index >= 15 is 0 Å². The van der Waals surface area contributed by atoms with E-state index in [1.165, 1.54) is 0 Å². The molecular formula is C25H28ClN3O4. The minimum absolute atomic E-state index is 0.0626. The molecule has 1 aliphatic carbocycles. The minimum atomic E-state index is -0.506. The Hall–Kier alpha value is -2.77. The highest BCUT2D eigenvalue weighted by atomic mass is 35.5. The second-order valence-electron chi connectivity index (χ2n) is 8.96. The van der Waals surface area contributed by atoms with Gasteiger partial charge in [-0.25, -0.2) is 0 Å². The fraction of sp³-hybridized carbons (Fsp3) is 0.440. The van der Waals surface area contributed by atoms with E-state index in [0.717, 1.165) is 37.0 Å². The summed E-state index contributed by atoms with van der Waals surface area (Å²) in [6.45, 7) is 2.80. The van der Waals surface area contributed by atoms with Crippen molar-refractivity contribution in [3.05, 3.63) is 53.1 Å². The molecule has 8 heteroatoms. The first-order valence-electron chi connectivity index (χ1n) is 11.6. The van der Waals surface area contributed by atoms with Gasteiger partial charge in [-0.1, -0.05) is 29.8 Å². The van der Waals surface area contributed by atoms with Crippen LogP contribution >= 0.6 is 11.6 Å². The summed E-state index contributed by atoms with van der Waals surface area (Å²) in [7, 11) is 0. The van der Waals surface area contributed by atoms with Crippen LogP contribution in [0, 0.1) is 0 Å². The van der Waals surface area contributed by atoms with Crippen LogP contribution < -0.4 is 14.8 Å². The molecule has 3 aliphatic rings. The Labute approximate surface area is 198 Å². The number of hydrogen-bond acceptors (Lipinski definition) is 5. The van der Waals surface area contributed by atoms with E-state index in [1.54, 1.807) is 6.07 Å². The van der Waals surface area contributed by atoms with Crippen molar-refractivity contribution in [1.29, 1.82) is 0 Å². The largest absolute Gasteiger partial charge is 0.448 e. The lowest BCUT2D eigenvalue weighted by Gasteiger charge is -2.34. The van der Waals surface area contributed by atoms with Gasteiger partial charge in [0.1, 0.15) is 0 Å². The lowest BCUT2D eigenvalue weighted by Crippen LogP contribution is -2.50. The van der Waals surface area contributed by atoms with Gasteiger partial charge in [0.15, 0.2) is 11.5 Å². The molecule has 2 fully saturated rings. The summed E-state index contributed by atoms with van der Waals surface area (Å²) in [5.74, 6) is 0.911. The molecule has 0 radical (unpaired) electrons. The van der Waals surface area contributed by atoms with Crippen molar-refractivity contribution in [3.8, 4) is 11.5 Å². The van der Waals surface area contributed by atoms with Crippen molar-refractivity contribution in [2.75, 3.05) is 38.0 Å². The zero-order chi connectivity index (χ0) is 22.8. The molecule has 5 rings (SSSR count). The number of fused-ring (bicyclic) bond motifs is 1. The highest BCUT2D eigenvalue weighted by molar-refractivity contribution is 6.31. The van der Waals surface area contributed by atoms with Crippen LogP contribution in [0.4, 0.5) is 5.69 Å². The zero-order valence-corrected chi connectivity index (χ0v) is 19.3. The smallest absolute Gasteiger partial charge is 0.251 e. The number of halogens is 1. The summed E-state index contributed by atoms with van der Waals surface area (Å²) in [6, 6.07) is 13.0. The van der Waals surface area contributed by atoms with Crippen LogP contribution in [-0.4, -0.2) is 60.1 Å². The fourth-order valence-electron chi connectivity index (χ4n) is 4.76. The number of rotatable bonds is 5. The van der Waals surface area contributed by atoms with Crippen LogP contribution in [0.3, 0.4) is 0 Å². The Morgan fingerprint density at radius 3 is 2.45 bits per heavy atom. The minimum Gasteiger partial charge on any atom is -0.448 e. The first kappa shape index (κ1) is 22.0. The number of nitrogens with zero attached hydrogens (tertiary/aromatic N) is 2. The van der Waals surface area contributed by atoms with Crippen LogP contribution in [0.5, 0.6) is 11.5 Å². The van der Waals surface area contributed by atoms with Crippen molar-refractivity contribution in [3.63, 3.8) is 0 Å². The average Bonchev–Trinajstić information content (AvgIpc) is 3.41. The molecule has 2 aromatic rings. The van der Waals surface area contributed by atoms with Crippen LogP contribution in [0.25, 0.3) is 0 Å². The van der Waals surface area contributed by atoms with E-state index in [4.69, 9.17) is 21.1 Å². The fourth-order valence-corrected chi connectivity index (χ4v) is 4.97.